The number of likely N-dealkylation sites (N-methyl/N-ethyl adjacent to an activating group) is 1. The Hall–Kier alpha value is -0.850. The van der Waals surface area contributed by atoms with Gasteiger partial charge in [-0.1, -0.05) is 33.6 Å². The quantitative estimate of drug-likeness (QED) is 0.487. The summed E-state index contributed by atoms with van der Waals surface area (Å²) in [4.78, 5) is 12.2. The molecule has 0 aliphatic carbocycles. The Balaban J connectivity index is 1.72. The van der Waals surface area contributed by atoms with Crippen molar-refractivity contribution in [2.75, 3.05) is 73.0 Å². The first-order chi connectivity index (χ1) is 13.5. The van der Waals surface area contributed by atoms with Gasteiger partial charge in [-0.3, -0.25) is 9.89 Å². The zero-order valence-electron chi connectivity index (χ0n) is 19.2. The molecule has 0 aromatic rings. The van der Waals surface area contributed by atoms with Crippen molar-refractivity contribution in [1.82, 2.24) is 25.3 Å². The van der Waals surface area contributed by atoms with Gasteiger partial charge in [0.15, 0.2) is 5.96 Å². The molecule has 2 atom stereocenters. The number of guanidine groups is 1. The molecule has 164 valence electrons. The molecule has 2 unspecified atom stereocenters. The summed E-state index contributed by atoms with van der Waals surface area (Å²) < 4.78 is 0. The fourth-order valence-corrected chi connectivity index (χ4v) is 4.44. The molecule has 2 N–H and O–H groups in total. The SMILES string of the molecule is CN=C(NCC(C)CN1CCN(C)CC1)NCC(C(C)C)N1CCCCCC1. The number of nitrogens with one attached hydrogen (secondary N) is 2. The van der Waals surface area contributed by atoms with Gasteiger partial charge in [0, 0.05) is 58.9 Å². The third-order valence-electron chi connectivity index (χ3n) is 6.37. The molecule has 0 bridgehead atoms. The van der Waals surface area contributed by atoms with Gasteiger partial charge in [0.1, 0.15) is 0 Å². The zero-order valence-corrected chi connectivity index (χ0v) is 19.2. The van der Waals surface area contributed by atoms with Gasteiger partial charge in [0.25, 0.3) is 0 Å². The van der Waals surface area contributed by atoms with Crippen LogP contribution in [0, 0.1) is 11.8 Å². The third-order valence-corrected chi connectivity index (χ3v) is 6.37. The van der Waals surface area contributed by atoms with E-state index in [2.05, 4.69) is 58.1 Å². The van der Waals surface area contributed by atoms with E-state index in [9.17, 15) is 0 Å². The molecule has 6 heteroatoms. The average Bonchev–Trinajstić information content (AvgIpc) is 2.95. The van der Waals surface area contributed by atoms with Crippen molar-refractivity contribution >= 4 is 5.96 Å². The second-order valence-corrected chi connectivity index (χ2v) is 9.30. The van der Waals surface area contributed by atoms with Crippen molar-refractivity contribution in [2.24, 2.45) is 16.8 Å². The Labute approximate surface area is 174 Å². The van der Waals surface area contributed by atoms with Crippen LogP contribution in [-0.4, -0.2) is 99.7 Å². The highest BCUT2D eigenvalue weighted by molar-refractivity contribution is 5.79. The Kier molecular flexibility index (Phi) is 10.6. The van der Waals surface area contributed by atoms with E-state index in [0.717, 1.165) is 19.0 Å². The number of hydrogen-bond donors (Lipinski definition) is 2. The Morgan fingerprint density at radius 3 is 2.04 bits per heavy atom. The second-order valence-electron chi connectivity index (χ2n) is 9.30. The van der Waals surface area contributed by atoms with Gasteiger partial charge in [-0.05, 0) is 44.8 Å². The van der Waals surface area contributed by atoms with Crippen LogP contribution < -0.4 is 10.6 Å². The molecule has 2 aliphatic rings. The van der Waals surface area contributed by atoms with E-state index in [1.54, 1.807) is 0 Å². The van der Waals surface area contributed by atoms with Crippen LogP contribution in [0.4, 0.5) is 0 Å². The molecule has 0 amide bonds. The molecule has 0 saturated carbocycles. The zero-order chi connectivity index (χ0) is 20.4. The van der Waals surface area contributed by atoms with Crippen molar-refractivity contribution in [3.8, 4) is 0 Å². The summed E-state index contributed by atoms with van der Waals surface area (Å²) in [6.07, 6.45) is 5.48. The van der Waals surface area contributed by atoms with Crippen LogP contribution in [0.2, 0.25) is 0 Å². The standard InChI is InChI=1S/C22H46N6/c1-19(2)21(28-10-8-6-7-9-11-28)17-25-22(23-4)24-16-20(3)18-27-14-12-26(5)13-15-27/h19-21H,6-18H2,1-5H3,(H2,23,24,25). The van der Waals surface area contributed by atoms with Crippen LogP contribution in [0.3, 0.4) is 0 Å². The summed E-state index contributed by atoms with van der Waals surface area (Å²) in [7, 11) is 4.10. The van der Waals surface area contributed by atoms with E-state index >= 15 is 0 Å². The number of likely N-dealkylation sites (tertiary alicyclic amines) is 1. The Morgan fingerprint density at radius 1 is 0.857 bits per heavy atom. The molecule has 2 heterocycles. The minimum atomic E-state index is 0.583. The molecule has 0 aromatic carbocycles. The molecule has 0 radical (unpaired) electrons. The van der Waals surface area contributed by atoms with Gasteiger partial charge < -0.3 is 20.4 Å². The largest absolute Gasteiger partial charge is 0.356 e. The van der Waals surface area contributed by atoms with E-state index in [-0.39, 0.29) is 0 Å². The van der Waals surface area contributed by atoms with Gasteiger partial charge in [-0.15, -0.1) is 0 Å². The lowest BCUT2D eigenvalue weighted by atomic mass is 10.0. The van der Waals surface area contributed by atoms with E-state index < -0.39 is 0 Å². The van der Waals surface area contributed by atoms with Gasteiger partial charge in [0.05, 0.1) is 0 Å². The van der Waals surface area contributed by atoms with E-state index in [1.807, 2.05) is 7.05 Å². The Morgan fingerprint density at radius 2 is 1.46 bits per heavy atom. The summed E-state index contributed by atoms with van der Waals surface area (Å²) in [5.41, 5.74) is 0. The molecule has 2 aliphatic heterocycles. The van der Waals surface area contributed by atoms with Crippen molar-refractivity contribution in [2.45, 2.75) is 52.5 Å². The summed E-state index contributed by atoms with van der Waals surface area (Å²) >= 11 is 0. The first-order valence-electron chi connectivity index (χ1n) is 11.6. The molecule has 6 nitrogen and oxygen atoms in total. The predicted octanol–water partition coefficient (Wildman–Crippen LogP) is 1.94. The number of aliphatic imine (C=N–C) groups is 1. The fourth-order valence-electron chi connectivity index (χ4n) is 4.44. The minimum Gasteiger partial charge on any atom is -0.356 e. The summed E-state index contributed by atoms with van der Waals surface area (Å²) in [5.74, 6) is 2.22. The van der Waals surface area contributed by atoms with Crippen molar-refractivity contribution in [3.63, 3.8) is 0 Å². The molecule has 2 saturated heterocycles. The summed E-state index contributed by atoms with van der Waals surface area (Å²) in [6, 6.07) is 0.583. The fraction of sp³-hybridized carbons (Fsp3) is 0.955. The molecule has 28 heavy (non-hydrogen) atoms. The summed E-state index contributed by atoms with van der Waals surface area (Å²) in [5, 5.41) is 7.17. The lowest BCUT2D eigenvalue weighted by Gasteiger charge is -2.35. The predicted molar refractivity (Wildman–Crippen MR) is 121 cm³/mol. The lowest BCUT2D eigenvalue weighted by molar-refractivity contribution is 0.139. The van der Waals surface area contributed by atoms with Crippen molar-refractivity contribution in [1.29, 1.82) is 0 Å². The van der Waals surface area contributed by atoms with Crippen LogP contribution in [0.15, 0.2) is 4.99 Å². The number of hydrogen-bond acceptors (Lipinski definition) is 4. The molecule has 2 rings (SSSR count). The normalized spacial score (nSPS) is 23.4. The van der Waals surface area contributed by atoms with E-state index in [4.69, 9.17) is 0 Å². The lowest BCUT2D eigenvalue weighted by Crippen LogP contribution is -2.51. The van der Waals surface area contributed by atoms with E-state index in [0.29, 0.717) is 17.9 Å². The van der Waals surface area contributed by atoms with Crippen molar-refractivity contribution < 1.29 is 0 Å². The van der Waals surface area contributed by atoms with Crippen molar-refractivity contribution in [3.05, 3.63) is 0 Å². The molecular formula is C22H46N6. The molecule has 0 aromatic heterocycles. The number of rotatable bonds is 8. The highest BCUT2D eigenvalue weighted by Crippen LogP contribution is 2.17. The minimum absolute atomic E-state index is 0.583. The highest BCUT2D eigenvalue weighted by atomic mass is 15.3. The summed E-state index contributed by atoms with van der Waals surface area (Å²) in [6.45, 7) is 17.4. The van der Waals surface area contributed by atoms with Gasteiger partial charge in [-0.2, -0.15) is 0 Å². The van der Waals surface area contributed by atoms with Crippen LogP contribution in [0.5, 0.6) is 0 Å². The smallest absolute Gasteiger partial charge is 0.191 e. The average molecular weight is 395 g/mol. The van der Waals surface area contributed by atoms with Gasteiger partial charge >= 0.3 is 0 Å². The number of nitrogens with zero attached hydrogens (tertiary/aromatic N) is 4. The van der Waals surface area contributed by atoms with Crippen LogP contribution >= 0.6 is 0 Å². The molecular weight excluding hydrogens is 348 g/mol. The monoisotopic (exact) mass is 394 g/mol. The molecule has 0 spiro atoms. The molecule has 2 fully saturated rings. The topological polar surface area (TPSA) is 46.1 Å². The second kappa shape index (κ2) is 12.7. The van der Waals surface area contributed by atoms with Gasteiger partial charge in [-0.25, -0.2) is 0 Å². The van der Waals surface area contributed by atoms with E-state index in [1.165, 1.54) is 71.5 Å². The first kappa shape index (κ1) is 23.4. The third kappa shape index (κ3) is 8.26. The maximum absolute atomic E-state index is 4.47. The number of piperazine rings is 1. The van der Waals surface area contributed by atoms with Crippen LogP contribution in [0.25, 0.3) is 0 Å². The maximum Gasteiger partial charge on any atom is 0.191 e. The maximum atomic E-state index is 4.47. The van der Waals surface area contributed by atoms with Crippen LogP contribution in [-0.2, 0) is 0 Å². The highest BCUT2D eigenvalue weighted by Gasteiger charge is 2.23. The first-order valence-corrected chi connectivity index (χ1v) is 11.6. The van der Waals surface area contributed by atoms with Crippen LogP contribution in [0.1, 0.15) is 46.5 Å². The van der Waals surface area contributed by atoms with Gasteiger partial charge in [0.2, 0.25) is 0 Å². The Bertz CT molecular complexity index is 436.